The number of non-ortho nitro benzene ring substituents is 1. The van der Waals surface area contributed by atoms with Crippen molar-refractivity contribution in [2.45, 2.75) is 13.8 Å². The van der Waals surface area contributed by atoms with Crippen LogP contribution < -0.4 is 37.6 Å². The van der Waals surface area contributed by atoms with Crippen molar-refractivity contribution in [1.82, 2.24) is 30.6 Å². The van der Waals surface area contributed by atoms with Crippen LogP contribution in [0.5, 0.6) is 0 Å². The fourth-order valence-corrected chi connectivity index (χ4v) is 5.49. The van der Waals surface area contributed by atoms with Gasteiger partial charge < -0.3 is 37.6 Å². The molecule has 6 aromatic rings. The molecule has 18 heteroatoms. The maximum atomic E-state index is 12.1. The molecule has 2 heterocycles. The van der Waals surface area contributed by atoms with E-state index in [4.69, 9.17) is 28.9 Å². The van der Waals surface area contributed by atoms with Gasteiger partial charge in [-0.2, -0.15) is 9.97 Å². The van der Waals surface area contributed by atoms with Gasteiger partial charge in [0.05, 0.1) is 39.8 Å². The van der Waals surface area contributed by atoms with Crippen LogP contribution in [-0.2, 0) is 0 Å². The smallest absolute Gasteiger partial charge is 0.271 e. The van der Waals surface area contributed by atoms with Crippen LogP contribution in [0, 0.1) is 24.0 Å². The van der Waals surface area contributed by atoms with Crippen LogP contribution in [0.15, 0.2) is 97.3 Å². The number of hydrogen-bond acceptors (Lipinski definition) is 13. The molecular formula is C38H36Cl2N12O4. The molecule has 0 saturated heterocycles. The van der Waals surface area contributed by atoms with Gasteiger partial charge in [0, 0.05) is 43.3 Å². The number of aryl methyl sites for hydroxylation is 2. The number of nitrogens with zero attached hydrogens (tertiary/aromatic N) is 5. The zero-order chi connectivity index (χ0) is 40.4. The van der Waals surface area contributed by atoms with E-state index in [0.29, 0.717) is 56.2 Å². The van der Waals surface area contributed by atoms with Gasteiger partial charge in [0.2, 0.25) is 11.9 Å². The van der Waals surface area contributed by atoms with Crippen molar-refractivity contribution in [2.75, 3.05) is 41.1 Å². The van der Waals surface area contributed by atoms with E-state index >= 15 is 0 Å². The number of nitrogens with two attached hydrogens (primary N) is 1. The molecule has 16 nitrogen and oxygen atoms in total. The van der Waals surface area contributed by atoms with Gasteiger partial charge >= 0.3 is 0 Å². The second kappa shape index (κ2) is 18.3. The number of nitro benzene ring substituents is 1. The maximum absolute atomic E-state index is 12.1. The molecule has 0 bridgehead atoms. The number of para-hydroxylation sites is 2. The molecule has 0 aliphatic heterocycles. The highest BCUT2D eigenvalue weighted by molar-refractivity contribution is 6.33. The monoisotopic (exact) mass is 794 g/mol. The van der Waals surface area contributed by atoms with Crippen molar-refractivity contribution in [3.63, 3.8) is 0 Å². The minimum Gasteiger partial charge on any atom is -0.399 e. The van der Waals surface area contributed by atoms with Crippen LogP contribution in [-0.4, -0.2) is 50.8 Å². The lowest BCUT2D eigenvalue weighted by Crippen LogP contribution is -2.19. The van der Waals surface area contributed by atoms with E-state index in [1.165, 1.54) is 24.5 Å². The Hall–Kier alpha value is -7.04. The van der Waals surface area contributed by atoms with E-state index in [9.17, 15) is 19.7 Å². The Bertz CT molecular complexity index is 2390. The average Bonchev–Trinajstić information content (AvgIpc) is 3.17. The largest absolute Gasteiger partial charge is 0.399 e. The van der Waals surface area contributed by atoms with Gasteiger partial charge in [-0.05, 0) is 73.5 Å². The van der Waals surface area contributed by atoms with Crippen LogP contribution >= 0.6 is 23.2 Å². The van der Waals surface area contributed by atoms with Crippen LogP contribution in [0.2, 0.25) is 10.0 Å². The molecule has 0 atom stereocenters. The number of carbonyl (C=O) groups is 2. The molecule has 0 saturated carbocycles. The van der Waals surface area contributed by atoms with E-state index in [1.54, 1.807) is 75.6 Å². The molecule has 2 aromatic heterocycles. The Morgan fingerprint density at radius 2 is 1.11 bits per heavy atom. The molecule has 0 radical (unpaired) electrons. The number of nitrogen functional groups attached to an aromatic ring is 1. The normalized spacial score (nSPS) is 10.3. The minimum absolute atomic E-state index is 0.0423. The maximum Gasteiger partial charge on any atom is 0.271 e. The van der Waals surface area contributed by atoms with Gasteiger partial charge in [-0.25, -0.2) is 9.97 Å². The summed E-state index contributed by atoms with van der Waals surface area (Å²) in [5, 5.41) is 29.0. The first kappa shape index (κ1) is 40.2. The fourth-order valence-electron chi connectivity index (χ4n) is 5.22. The lowest BCUT2D eigenvalue weighted by molar-refractivity contribution is -0.384. The van der Waals surface area contributed by atoms with E-state index in [1.807, 2.05) is 25.1 Å². The first-order valence-electron chi connectivity index (χ1n) is 16.7. The summed E-state index contributed by atoms with van der Waals surface area (Å²) in [6.45, 7) is 3.70. The molecule has 8 N–H and O–H groups in total. The Kier molecular flexibility index (Phi) is 13.1. The molecule has 0 fully saturated rings. The second-order valence-corrected chi connectivity index (χ2v) is 12.8. The van der Waals surface area contributed by atoms with Crippen LogP contribution in [0.1, 0.15) is 31.8 Å². The molecule has 6 rings (SSSR count). The lowest BCUT2D eigenvalue weighted by Gasteiger charge is -2.13. The number of nitrogens with one attached hydrogen (secondary N) is 6. The summed E-state index contributed by atoms with van der Waals surface area (Å²) >= 11 is 12.4. The molecule has 2 amide bonds. The van der Waals surface area contributed by atoms with Gasteiger partial charge in [0.1, 0.15) is 10.0 Å². The number of halogens is 2. The zero-order valence-electron chi connectivity index (χ0n) is 30.4. The third-order valence-corrected chi connectivity index (χ3v) is 8.23. The van der Waals surface area contributed by atoms with Gasteiger partial charge in [0.15, 0.2) is 11.6 Å². The SMILES string of the molecule is CNC(=O)c1ccccc1Nc1nc(Nc2cc(C)cc(N)c2)ncc1Cl.CNC(=O)c1ccccc1Nc1nc(Nc2cc(C)cc([N+](=O)[O-])c2)ncc1Cl. The van der Waals surface area contributed by atoms with Crippen molar-refractivity contribution in [3.05, 3.63) is 140 Å². The third-order valence-electron chi connectivity index (χ3n) is 7.68. The molecule has 56 heavy (non-hydrogen) atoms. The van der Waals surface area contributed by atoms with Crippen LogP contribution in [0.3, 0.4) is 0 Å². The van der Waals surface area contributed by atoms with Crippen molar-refractivity contribution < 1.29 is 14.5 Å². The molecule has 4 aromatic carbocycles. The molecule has 286 valence electrons. The molecule has 0 aliphatic carbocycles. The van der Waals surface area contributed by atoms with Crippen molar-refractivity contribution in [2.24, 2.45) is 0 Å². The summed E-state index contributed by atoms with van der Waals surface area (Å²) in [4.78, 5) is 51.7. The minimum atomic E-state index is -0.469. The number of anilines is 9. The first-order valence-corrected chi connectivity index (χ1v) is 17.5. The van der Waals surface area contributed by atoms with Gasteiger partial charge in [-0.15, -0.1) is 0 Å². The van der Waals surface area contributed by atoms with E-state index in [0.717, 1.165) is 11.3 Å². The van der Waals surface area contributed by atoms with Crippen molar-refractivity contribution in [1.29, 1.82) is 0 Å². The Balaban J connectivity index is 0.000000215. The second-order valence-electron chi connectivity index (χ2n) is 12.0. The highest BCUT2D eigenvalue weighted by Gasteiger charge is 2.15. The number of benzene rings is 4. The van der Waals surface area contributed by atoms with Crippen molar-refractivity contribution >= 4 is 92.7 Å². The average molecular weight is 796 g/mol. The lowest BCUT2D eigenvalue weighted by atomic mass is 10.1. The summed E-state index contributed by atoms with van der Waals surface area (Å²) in [6, 6.07) is 24.2. The van der Waals surface area contributed by atoms with Crippen LogP contribution in [0.4, 0.5) is 57.7 Å². The van der Waals surface area contributed by atoms with E-state index in [-0.39, 0.29) is 34.3 Å². The summed E-state index contributed by atoms with van der Waals surface area (Å²) in [6.07, 6.45) is 2.88. The predicted molar refractivity (Wildman–Crippen MR) is 220 cm³/mol. The molecule has 0 spiro atoms. The number of nitro groups is 1. The van der Waals surface area contributed by atoms with Gasteiger partial charge in [-0.3, -0.25) is 19.7 Å². The Morgan fingerprint density at radius 1 is 0.661 bits per heavy atom. The van der Waals surface area contributed by atoms with Gasteiger partial charge in [-0.1, -0.05) is 47.5 Å². The number of hydrogen-bond donors (Lipinski definition) is 7. The number of rotatable bonds is 11. The Labute approximate surface area is 331 Å². The molecular weight excluding hydrogens is 759 g/mol. The molecule has 0 unspecified atom stereocenters. The molecule has 0 aliphatic rings. The van der Waals surface area contributed by atoms with E-state index < -0.39 is 4.92 Å². The summed E-state index contributed by atoms with van der Waals surface area (Å²) in [5.41, 5.74) is 11.5. The highest BCUT2D eigenvalue weighted by Crippen LogP contribution is 2.29. The summed E-state index contributed by atoms with van der Waals surface area (Å²) < 4.78 is 0. The standard InChI is InChI=1S/C19H17ClN6O3.C19H19ClN6O/c1-11-7-12(9-13(8-11)26(28)29)23-19-22-10-15(20)17(25-19)24-16-6-4-3-5-14(16)18(27)21-2;1-11-7-12(21)9-13(8-11)24-19-23-10-15(20)17(26-19)25-16-6-4-3-5-14(16)18(27)22-2/h3-10H,1-2H3,(H,21,27)(H2,22,23,24,25);3-10H,21H2,1-2H3,(H,22,27)(H2,23,24,25,26). The first-order chi connectivity index (χ1) is 26.8. The number of aromatic nitrogens is 4. The van der Waals surface area contributed by atoms with Crippen LogP contribution in [0.25, 0.3) is 0 Å². The number of amides is 2. The number of carbonyl (C=O) groups excluding carboxylic acids is 2. The van der Waals surface area contributed by atoms with E-state index in [2.05, 4.69) is 51.8 Å². The Morgan fingerprint density at radius 3 is 1.55 bits per heavy atom. The quantitative estimate of drug-likeness (QED) is 0.0375. The topological polar surface area (TPSA) is 227 Å². The third kappa shape index (κ3) is 10.6. The summed E-state index contributed by atoms with van der Waals surface area (Å²) in [5.74, 6) is 0.730. The highest BCUT2D eigenvalue weighted by atomic mass is 35.5. The zero-order valence-corrected chi connectivity index (χ0v) is 32.0. The fraction of sp³-hybridized carbons (Fsp3) is 0.105. The van der Waals surface area contributed by atoms with Crippen molar-refractivity contribution in [3.8, 4) is 0 Å². The summed E-state index contributed by atoms with van der Waals surface area (Å²) in [7, 11) is 3.12. The predicted octanol–water partition coefficient (Wildman–Crippen LogP) is 8.06. The van der Waals surface area contributed by atoms with Gasteiger partial charge in [0.25, 0.3) is 17.5 Å².